The van der Waals surface area contributed by atoms with Gasteiger partial charge in [-0.3, -0.25) is 9.59 Å². The van der Waals surface area contributed by atoms with Crippen molar-refractivity contribution in [3.05, 3.63) is 23.2 Å². The molecule has 3 saturated heterocycles. The van der Waals surface area contributed by atoms with Gasteiger partial charge in [0.1, 0.15) is 6.04 Å². The van der Waals surface area contributed by atoms with Crippen LogP contribution in [0.2, 0.25) is 5.02 Å². The lowest BCUT2D eigenvalue weighted by atomic mass is 10.1. The number of rotatable bonds is 3. The number of nitrogens with zero attached hydrogens (tertiary/aromatic N) is 2. The number of halogens is 1. The number of thioether (sulfide) groups is 1. The molecule has 3 aliphatic heterocycles. The average Bonchev–Trinajstić information content (AvgIpc) is 3.12. The number of fused-ring (bicyclic) bond motifs is 1. The van der Waals surface area contributed by atoms with Crippen LogP contribution in [0.3, 0.4) is 0 Å². The van der Waals surface area contributed by atoms with Crippen molar-refractivity contribution >= 4 is 46.6 Å². The number of nitrogens with one attached hydrogen (secondary N) is 1. The third-order valence-corrected chi connectivity index (χ3v) is 7.40. The minimum absolute atomic E-state index is 0.0833. The number of carbonyl (C=O) groups excluding carboxylic acids is 2. The highest BCUT2D eigenvalue weighted by Gasteiger charge is 2.52. The molecular formula is C19H24ClN3O2S. The Bertz CT molecular complexity index is 737. The molecule has 140 valence electrons. The molecule has 0 saturated carbocycles. The van der Waals surface area contributed by atoms with Crippen LogP contribution in [-0.2, 0) is 9.59 Å². The van der Waals surface area contributed by atoms with Gasteiger partial charge in [0.2, 0.25) is 11.8 Å². The summed E-state index contributed by atoms with van der Waals surface area (Å²) in [4.78, 5) is 29.2. The zero-order chi connectivity index (χ0) is 18.3. The van der Waals surface area contributed by atoms with Crippen LogP contribution >= 0.6 is 23.4 Å². The molecule has 0 radical (unpaired) electrons. The van der Waals surface area contributed by atoms with Crippen LogP contribution < -0.4 is 10.2 Å². The lowest BCUT2D eigenvalue weighted by Gasteiger charge is -2.32. The van der Waals surface area contributed by atoms with E-state index in [1.165, 1.54) is 6.42 Å². The first-order valence-corrected chi connectivity index (χ1v) is 10.7. The number of carbonyl (C=O) groups is 2. The van der Waals surface area contributed by atoms with Crippen molar-refractivity contribution in [1.82, 2.24) is 4.90 Å². The first-order chi connectivity index (χ1) is 12.5. The van der Waals surface area contributed by atoms with Crippen molar-refractivity contribution in [2.45, 2.75) is 49.9 Å². The molecule has 1 aromatic rings. The number of benzene rings is 1. The molecule has 2 atom stereocenters. The lowest BCUT2D eigenvalue weighted by Crippen LogP contribution is -2.48. The topological polar surface area (TPSA) is 52.7 Å². The van der Waals surface area contributed by atoms with Crippen molar-refractivity contribution in [3.63, 3.8) is 0 Å². The van der Waals surface area contributed by atoms with E-state index < -0.39 is 6.04 Å². The van der Waals surface area contributed by atoms with Crippen molar-refractivity contribution in [2.24, 2.45) is 0 Å². The normalized spacial score (nSPS) is 28.4. The van der Waals surface area contributed by atoms with E-state index in [0.717, 1.165) is 43.7 Å². The Kier molecular flexibility index (Phi) is 4.82. The van der Waals surface area contributed by atoms with Crippen LogP contribution in [0.1, 0.15) is 39.0 Å². The molecule has 3 fully saturated rings. The maximum atomic E-state index is 13.0. The Balaban J connectivity index is 1.56. The first-order valence-electron chi connectivity index (χ1n) is 9.29. The molecule has 4 rings (SSSR count). The fourth-order valence-electron chi connectivity index (χ4n) is 4.25. The van der Waals surface area contributed by atoms with Crippen LogP contribution in [0.15, 0.2) is 18.2 Å². The van der Waals surface area contributed by atoms with E-state index in [1.807, 2.05) is 18.2 Å². The van der Waals surface area contributed by atoms with Crippen LogP contribution in [0.25, 0.3) is 0 Å². The van der Waals surface area contributed by atoms with E-state index in [4.69, 9.17) is 11.6 Å². The largest absolute Gasteiger partial charge is 0.370 e. The zero-order valence-electron chi connectivity index (χ0n) is 15.0. The van der Waals surface area contributed by atoms with E-state index >= 15 is 0 Å². The van der Waals surface area contributed by atoms with Crippen LogP contribution in [-0.4, -0.2) is 46.5 Å². The summed E-state index contributed by atoms with van der Waals surface area (Å²) in [5.41, 5.74) is 1.76. The van der Waals surface area contributed by atoms with Gasteiger partial charge in [-0.25, -0.2) is 0 Å². The Morgan fingerprint density at radius 1 is 1.31 bits per heavy atom. The fourth-order valence-corrected chi connectivity index (χ4v) is 5.85. The van der Waals surface area contributed by atoms with Crippen LogP contribution in [0, 0.1) is 0 Å². The number of hydrogen-bond acceptors (Lipinski definition) is 4. The zero-order valence-corrected chi connectivity index (χ0v) is 16.5. The minimum atomic E-state index is -0.409. The highest BCUT2D eigenvalue weighted by molar-refractivity contribution is 8.01. The summed E-state index contributed by atoms with van der Waals surface area (Å²) >= 11 is 7.90. The summed E-state index contributed by atoms with van der Waals surface area (Å²) in [6, 6.07) is 5.26. The number of hydrogen-bond donors (Lipinski definition) is 1. The summed E-state index contributed by atoms with van der Waals surface area (Å²) < 4.78 is 0. The first kappa shape index (κ1) is 18.0. The molecule has 0 aromatic heterocycles. The molecule has 2 amide bonds. The van der Waals surface area contributed by atoms with Crippen LogP contribution in [0.5, 0.6) is 0 Å². The standard InChI is InChI=1S/C19H24ClN3O2S/c1-19-8-7-17(24)23(19)16(12-26-19)18(25)21-14-11-13(20)5-6-15(14)22-9-3-2-4-10-22/h5-6,11,16H,2-4,7-10,12H2,1H3,(H,21,25). The molecule has 5 nitrogen and oxygen atoms in total. The van der Waals surface area contributed by atoms with Crippen molar-refractivity contribution in [2.75, 3.05) is 29.1 Å². The van der Waals surface area contributed by atoms with Gasteiger partial charge in [-0.2, -0.15) is 0 Å². The molecule has 0 aliphatic carbocycles. The Labute approximate surface area is 163 Å². The molecule has 3 heterocycles. The van der Waals surface area contributed by atoms with Crippen LogP contribution in [0.4, 0.5) is 11.4 Å². The monoisotopic (exact) mass is 393 g/mol. The molecule has 3 aliphatic rings. The van der Waals surface area contributed by atoms with Gasteiger partial charge in [-0.15, -0.1) is 11.8 Å². The van der Waals surface area contributed by atoms with Gasteiger partial charge in [0.25, 0.3) is 0 Å². The third-order valence-electron chi connectivity index (χ3n) is 5.66. The second-order valence-corrected chi connectivity index (χ2v) is 9.40. The fraction of sp³-hybridized carbons (Fsp3) is 0.579. The van der Waals surface area contributed by atoms with Gasteiger partial charge in [-0.05, 0) is 50.8 Å². The molecule has 1 aromatic carbocycles. The van der Waals surface area contributed by atoms with Crippen molar-refractivity contribution < 1.29 is 9.59 Å². The summed E-state index contributed by atoms with van der Waals surface area (Å²) in [5.74, 6) is 0.616. The summed E-state index contributed by atoms with van der Waals surface area (Å²) in [5, 5.41) is 3.67. The highest BCUT2D eigenvalue weighted by Crippen LogP contribution is 2.47. The highest BCUT2D eigenvalue weighted by atomic mass is 35.5. The van der Waals surface area contributed by atoms with Gasteiger partial charge in [0, 0.05) is 30.3 Å². The molecule has 26 heavy (non-hydrogen) atoms. The molecule has 2 unspecified atom stereocenters. The molecule has 7 heteroatoms. The van der Waals surface area contributed by atoms with E-state index in [-0.39, 0.29) is 16.7 Å². The number of piperidine rings is 1. The van der Waals surface area contributed by atoms with E-state index in [2.05, 4.69) is 17.1 Å². The summed E-state index contributed by atoms with van der Waals surface area (Å²) in [6.45, 7) is 4.05. The predicted octanol–water partition coefficient (Wildman–Crippen LogP) is 3.72. The lowest BCUT2D eigenvalue weighted by molar-refractivity contribution is -0.135. The smallest absolute Gasteiger partial charge is 0.248 e. The maximum Gasteiger partial charge on any atom is 0.248 e. The summed E-state index contributed by atoms with van der Waals surface area (Å²) in [6.07, 6.45) is 4.92. The Morgan fingerprint density at radius 3 is 2.85 bits per heavy atom. The average molecular weight is 394 g/mol. The van der Waals surface area contributed by atoms with Crippen molar-refractivity contribution in [1.29, 1.82) is 0 Å². The maximum absolute atomic E-state index is 13.0. The number of amides is 2. The molecule has 1 N–H and O–H groups in total. The Hall–Kier alpha value is -1.40. The molecular weight excluding hydrogens is 370 g/mol. The van der Waals surface area contributed by atoms with Gasteiger partial charge in [-0.1, -0.05) is 11.6 Å². The van der Waals surface area contributed by atoms with Gasteiger partial charge < -0.3 is 15.1 Å². The molecule has 0 spiro atoms. The van der Waals surface area contributed by atoms with Gasteiger partial charge >= 0.3 is 0 Å². The third kappa shape index (κ3) is 3.18. The minimum Gasteiger partial charge on any atom is -0.370 e. The second-order valence-electron chi connectivity index (χ2n) is 7.46. The van der Waals surface area contributed by atoms with E-state index in [1.54, 1.807) is 16.7 Å². The van der Waals surface area contributed by atoms with Gasteiger partial charge in [0.05, 0.1) is 16.2 Å². The predicted molar refractivity (Wildman–Crippen MR) is 107 cm³/mol. The second kappa shape index (κ2) is 6.97. The summed E-state index contributed by atoms with van der Waals surface area (Å²) in [7, 11) is 0. The number of anilines is 2. The van der Waals surface area contributed by atoms with E-state index in [0.29, 0.717) is 17.2 Å². The molecule has 0 bridgehead atoms. The van der Waals surface area contributed by atoms with Gasteiger partial charge in [0.15, 0.2) is 0 Å². The SMILES string of the molecule is CC12CCC(=O)N1C(C(=O)Nc1cc(Cl)ccc1N1CCCCC1)CS2. The quantitative estimate of drug-likeness (QED) is 0.850. The van der Waals surface area contributed by atoms with Crippen molar-refractivity contribution in [3.8, 4) is 0 Å². The van der Waals surface area contributed by atoms with E-state index in [9.17, 15) is 9.59 Å². The Morgan fingerprint density at radius 2 is 2.08 bits per heavy atom.